The third-order valence-corrected chi connectivity index (χ3v) is 2.96. The van der Waals surface area contributed by atoms with Gasteiger partial charge in [-0.25, -0.2) is 0 Å². The maximum atomic E-state index is 11.9. The number of hydrogen-bond acceptors (Lipinski definition) is 3. The van der Waals surface area contributed by atoms with E-state index in [1.807, 2.05) is 18.2 Å². The molecule has 4 nitrogen and oxygen atoms in total. The number of hydrogen-bond donors (Lipinski definition) is 1. The molecule has 0 saturated heterocycles. The second kappa shape index (κ2) is 7.13. The third kappa shape index (κ3) is 4.13. The maximum Gasteiger partial charge on any atom is 0.241 e. The molecule has 1 amide bonds. The molecular formula is C14H22N2O2. The van der Waals surface area contributed by atoms with Crippen LogP contribution in [0.15, 0.2) is 30.3 Å². The minimum absolute atomic E-state index is 0.0837. The number of carbonyl (C=O) groups is 1. The smallest absolute Gasteiger partial charge is 0.241 e. The zero-order chi connectivity index (χ0) is 13.5. The minimum atomic E-state index is -0.581. The summed E-state index contributed by atoms with van der Waals surface area (Å²) in [6.45, 7) is 3.00. The van der Waals surface area contributed by atoms with Gasteiger partial charge >= 0.3 is 0 Å². The maximum absolute atomic E-state index is 11.9. The van der Waals surface area contributed by atoms with Crippen molar-refractivity contribution in [3.63, 3.8) is 0 Å². The van der Waals surface area contributed by atoms with Gasteiger partial charge in [-0.2, -0.15) is 0 Å². The first-order chi connectivity index (χ1) is 8.56. The first-order valence-electron chi connectivity index (χ1n) is 6.10. The summed E-state index contributed by atoms with van der Waals surface area (Å²) in [5.74, 6) is 0.203. The Labute approximate surface area is 109 Å². The van der Waals surface area contributed by atoms with Crippen molar-refractivity contribution in [2.24, 2.45) is 5.73 Å². The first kappa shape index (κ1) is 14.7. The van der Waals surface area contributed by atoms with Gasteiger partial charge in [-0.15, -0.1) is 0 Å². The summed E-state index contributed by atoms with van der Waals surface area (Å²) in [6.07, 6.45) is 0. The van der Waals surface area contributed by atoms with E-state index in [-0.39, 0.29) is 18.4 Å². The zero-order valence-electron chi connectivity index (χ0n) is 11.3. The molecule has 0 aromatic heterocycles. The number of ether oxygens (including phenoxy) is 1. The van der Waals surface area contributed by atoms with Crippen molar-refractivity contribution >= 4 is 5.91 Å². The normalized spacial score (nSPS) is 14.0. The van der Waals surface area contributed by atoms with Crippen LogP contribution in [-0.2, 0) is 9.53 Å². The van der Waals surface area contributed by atoms with E-state index in [1.165, 1.54) is 5.56 Å². The monoisotopic (exact) mass is 250 g/mol. The molecule has 0 aliphatic rings. The molecule has 100 valence electrons. The Kier molecular flexibility index (Phi) is 5.82. The Bertz CT molecular complexity index is 367. The van der Waals surface area contributed by atoms with Gasteiger partial charge < -0.3 is 15.4 Å². The summed E-state index contributed by atoms with van der Waals surface area (Å²) in [4.78, 5) is 13.6. The van der Waals surface area contributed by atoms with Gasteiger partial charge in [0.15, 0.2) is 0 Å². The largest absolute Gasteiger partial charge is 0.383 e. The average Bonchev–Trinajstić information content (AvgIpc) is 2.39. The Hall–Kier alpha value is -1.39. The van der Waals surface area contributed by atoms with Gasteiger partial charge in [-0.05, 0) is 11.5 Å². The van der Waals surface area contributed by atoms with E-state index in [4.69, 9.17) is 10.5 Å². The van der Waals surface area contributed by atoms with E-state index < -0.39 is 6.04 Å². The highest BCUT2D eigenvalue weighted by Crippen LogP contribution is 2.15. The SMILES string of the molecule is COCC(N)C(=O)N(C)CC(C)c1ccccc1. The van der Waals surface area contributed by atoms with Crippen molar-refractivity contribution in [1.29, 1.82) is 0 Å². The lowest BCUT2D eigenvalue weighted by Crippen LogP contribution is -2.45. The lowest BCUT2D eigenvalue weighted by atomic mass is 10.0. The summed E-state index contributed by atoms with van der Waals surface area (Å²) in [5.41, 5.74) is 6.95. The predicted molar refractivity (Wildman–Crippen MR) is 72.3 cm³/mol. The van der Waals surface area contributed by atoms with Crippen LogP contribution in [0, 0.1) is 0 Å². The van der Waals surface area contributed by atoms with Crippen LogP contribution in [0.1, 0.15) is 18.4 Å². The fourth-order valence-electron chi connectivity index (χ4n) is 1.92. The van der Waals surface area contributed by atoms with Crippen LogP contribution >= 0.6 is 0 Å². The number of nitrogens with zero attached hydrogens (tertiary/aromatic N) is 1. The summed E-state index contributed by atoms with van der Waals surface area (Å²) in [6, 6.07) is 9.55. The fraction of sp³-hybridized carbons (Fsp3) is 0.500. The van der Waals surface area contributed by atoms with E-state index in [9.17, 15) is 4.79 Å². The second-order valence-electron chi connectivity index (χ2n) is 4.59. The molecular weight excluding hydrogens is 228 g/mol. The van der Waals surface area contributed by atoms with Crippen LogP contribution in [0.2, 0.25) is 0 Å². The number of benzene rings is 1. The van der Waals surface area contributed by atoms with Crippen LogP contribution in [0.4, 0.5) is 0 Å². The number of likely N-dealkylation sites (N-methyl/N-ethyl adjacent to an activating group) is 1. The molecule has 2 N–H and O–H groups in total. The van der Waals surface area contributed by atoms with Crippen molar-refractivity contribution in [2.45, 2.75) is 18.9 Å². The standard InChI is InChI=1S/C14H22N2O2/c1-11(12-7-5-4-6-8-12)9-16(2)14(17)13(15)10-18-3/h4-8,11,13H,9-10,15H2,1-3H3. The topological polar surface area (TPSA) is 55.6 Å². The van der Waals surface area contributed by atoms with Gasteiger partial charge in [0.05, 0.1) is 6.61 Å². The molecule has 4 heteroatoms. The summed E-state index contributed by atoms with van der Waals surface area (Å²) in [7, 11) is 3.32. The Morgan fingerprint density at radius 1 is 1.39 bits per heavy atom. The Morgan fingerprint density at radius 3 is 2.56 bits per heavy atom. The third-order valence-electron chi connectivity index (χ3n) is 2.96. The van der Waals surface area contributed by atoms with Crippen LogP contribution in [0.5, 0.6) is 0 Å². The molecule has 0 aliphatic carbocycles. The summed E-state index contributed by atoms with van der Waals surface area (Å²) < 4.78 is 4.89. The molecule has 0 heterocycles. The fourth-order valence-corrected chi connectivity index (χ4v) is 1.92. The number of methoxy groups -OCH3 is 1. The van der Waals surface area contributed by atoms with Crippen molar-refractivity contribution in [3.8, 4) is 0 Å². The van der Waals surface area contributed by atoms with Gasteiger partial charge in [-0.1, -0.05) is 37.3 Å². The van der Waals surface area contributed by atoms with E-state index in [1.54, 1.807) is 19.1 Å². The van der Waals surface area contributed by atoms with Crippen molar-refractivity contribution in [3.05, 3.63) is 35.9 Å². The highest BCUT2D eigenvalue weighted by Gasteiger charge is 2.19. The van der Waals surface area contributed by atoms with E-state index >= 15 is 0 Å². The summed E-state index contributed by atoms with van der Waals surface area (Å²) >= 11 is 0. The molecule has 0 aliphatic heterocycles. The molecule has 1 aromatic rings. The van der Waals surface area contributed by atoms with E-state index in [2.05, 4.69) is 19.1 Å². The van der Waals surface area contributed by atoms with Crippen LogP contribution in [-0.4, -0.2) is 44.2 Å². The summed E-state index contributed by atoms with van der Waals surface area (Å²) in [5, 5.41) is 0. The molecule has 2 atom stereocenters. The molecule has 1 aromatic carbocycles. The molecule has 0 radical (unpaired) electrons. The lowest BCUT2D eigenvalue weighted by Gasteiger charge is -2.24. The van der Waals surface area contributed by atoms with E-state index in [0.717, 1.165) is 0 Å². The van der Waals surface area contributed by atoms with Gasteiger partial charge in [0.2, 0.25) is 5.91 Å². The van der Waals surface area contributed by atoms with Gasteiger partial charge in [0.1, 0.15) is 6.04 Å². The van der Waals surface area contributed by atoms with Crippen molar-refractivity contribution in [2.75, 3.05) is 27.3 Å². The predicted octanol–water partition coefficient (Wildman–Crippen LogP) is 1.22. The van der Waals surface area contributed by atoms with Gasteiger partial charge in [-0.3, -0.25) is 4.79 Å². The molecule has 0 spiro atoms. The Morgan fingerprint density at radius 2 is 2.00 bits per heavy atom. The molecule has 0 fully saturated rings. The number of amides is 1. The van der Waals surface area contributed by atoms with Gasteiger partial charge in [0.25, 0.3) is 0 Å². The molecule has 1 rings (SSSR count). The first-order valence-corrected chi connectivity index (χ1v) is 6.10. The van der Waals surface area contributed by atoms with Crippen LogP contribution in [0.25, 0.3) is 0 Å². The van der Waals surface area contributed by atoms with Crippen LogP contribution in [0.3, 0.4) is 0 Å². The number of rotatable bonds is 6. The van der Waals surface area contributed by atoms with E-state index in [0.29, 0.717) is 6.54 Å². The number of carbonyl (C=O) groups excluding carboxylic acids is 1. The molecule has 0 bridgehead atoms. The minimum Gasteiger partial charge on any atom is -0.383 e. The van der Waals surface area contributed by atoms with Gasteiger partial charge in [0, 0.05) is 20.7 Å². The Balaban J connectivity index is 2.54. The quantitative estimate of drug-likeness (QED) is 0.826. The molecule has 18 heavy (non-hydrogen) atoms. The van der Waals surface area contributed by atoms with Crippen LogP contribution < -0.4 is 5.73 Å². The average molecular weight is 250 g/mol. The second-order valence-corrected chi connectivity index (χ2v) is 4.59. The highest BCUT2D eigenvalue weighted by molar-refractivity contribution is 5.81. The van der Waals surface area contributed by atoms with Crippen molar-refractivity contribution < 1.29 is 9.53 Å². The lowest BCUT2D eigenvalue weighted by molar-refractivity contribution is -0.132. The van der Waals surface area contributed by atoms with Crippen molar-refractivity contribution in [1.82, 2.24) is 4.90 Å². The molecule has 2 unspecified atom stereocenters. The highest BCUT2D eigenvalue weighted by atomic mass is 16.5. The number of nitrogens with two attached hydrogens (primary N) is 1. The zero-order valence-corrected chi connectivity index (χ0v) is 11.3. The molecule has 0 saturated carbocycles.